The number of anilines is 2. The van der Waals surface area contributed by atoms with E-state index in [1.807, 2.05) is 6.92 Å². The van der Waals surface area contributed by atoms with Gasteiger partial charge in [-0.05, 0) is 55.8 Å². The number of hydrogen-bond acceptors (Lipinski definition) is 3. The molecule has 150 valence electrons. The van der Waals surface area contributed by atoms with Crippen LogP contribution >= 0.6 is 23.2 Å². The lowest BCUT2D eigenvalue weighted by atomic mass is 10.1. The quantitative estimate of drug-likeness (QED) is 0.528. The fraction of sp³-hybridized carbons (Fsp3) is 0.0952. The molecule has 0 unspecified atom stereocenters. The van der Waals surface area contributed by atoms with Crippen LogP contribution in [0.1, 0.15) is 21.5 Å². The van der Waals surface area contributed by atoms with E-state index in [0.29, 0.717) is 32.5 Å². The fourth-order valence-corrected chi connectivity index (χ4v) is 4.33. The Balaban J connectivity index is 1.89. The molecule has 0 aliphatic rings. The van der Waals surface area contributed by atoms with Crippen LogP contribution in [-0.4, -0.2) is 14.3 Å². The fourth-order valence-electron chi connectivity index (χ4n) is 2.71. The van der Waals surface area contributed by atoms with E-state index in [2.05, 4.69) is 10.0 Å². The monoisotopic (exact) mass is 448 g/mol. The van der Waals surface area contributed by atoms with Crippen molar-refractivity contribution in [2.75, 3.05) is 10.0 Å². The number of para-hydroxylation sites is 1. The largest absolute Gasteiger partial charge is 0.319 e. The van der Waals surface area contributed by atoms with Gasteiger partial charge in [-0.1, -0.05) is 53.0 Å². The molecule has 0 aliphatic heterocycles. The first-order valence-electron chi connectivity index (χ1n) is 8.63. The molecule has 3 aromatic carbocycles. The van der Waals surface area contributed by atoms with Crippen LogP contribution in [0.15, 0.2) is 65.6 Å². The highest BCUT2D eigenvalue weighted by Crippen LogP contribution is 2.31. The minimum atomic E-state index is -3.79. The van der Waals surface area contributed by atoms with E-state index in [0.717, 1.165) is 5.56 Å². The molecule has 0 aliphatic carbocycles. The Morgan fingerprint density at radius 3 is 2.07 bits per heavy atom. The van der Waals surface area contributed by atoms with Crippen molar-refractivity contribution >= 4 is 50.5 Å². The molecule has 0 fully saturated rings. The first kappa shape index (κ1) is 21.2. The number of halogens is 2. The highest BCUT2D eigenvalue weighted by atomic mass is 35.5. The smallest absolute Gasteiger partial charge is 0.261 e. The predicted molar refractivity (Wildman–Crippen MR) is 118 cm³/mol. The van der Waals surface area contributed by atoms with E-state index < -0.39 is 15.9 Å². The van der Waals surface area contributed by atoms with Crippen molar-refractivity contribution in [2.24, 2.45) is 0 Å². The number of sulfonamides is 1. The summed E-state index contributed by atoms with van der Waals surface area (Å²) in [6, 6.07) is 16.2. The molecule has 1 amide bonds. The minimum Gasteiger partial charge on any atom is -0.319 e. The number of hydrogen-bond donors (Lipinski definition) is 2. The van der Waals surface area contributed by atoms with Crippen LogP contribution in [0.4, 0.5) is 11.4 Å². The van der Waals surface area contributed by atoms with E-state index in [1.165, 1.54) is 12.1 Å². The molecule has 0 atom stereocenters. The molecule has 2 N–H and O–H groups in total. The van der Waals surface area contributed by atoms with Gasteiger partial charge in [0, 0.05) is 5.56 Å². The summed E-state index contributed by atoms with van der Waals surface area (Å²) in [6.45, 7) is 3.54. The van der Waals surface area contributed by atoms with Crippen LogP contribution in [0, 0.1) is 13.8 Å². The van der Waals surface area contributed by atoms with Crippen LogP contribution in [0.25, 0.3) is 0 Å². The molecule has 0 saturated heterocycles. The average Bonchev–Trinajstić information content (AvgIpc) is 2.66. The van der Waals surface area contributed by atoms with Gasteiger partial charge in [0.25, 0.3) is 15.9 Å². The molecule has 3 rings (SSSR count). The summed E-state index contributed by atoms with van der Waals surface area (Å²) in [7, 11) is -3.79. The molecule has 0 saturated carbocycles. The summed E-state index contributed by atoms with van der Waals surface area (Å²) in [5.41, 5.74) is 2.33. The Morgan fingerprint density at radius 1 is 0.862 bits per heavy atom. The predicted octanol–water partition coefficient (Wildman–Crippen LogP) is 5.66. The summed E-state index contributed by atoms with van der Waals surface area (Å²) in [5, 5.41) is 3.29. The van der Waals surface area contributed by atoms with E-state index >= 15 is 0 Å². The van der Waals surface area contributed by atoms with Crippen molar-refractivity contribution < 1.29 is 13.2 Å². The van der Waals surface area contributed by atoms with Gasteiger partial charge < -0.3 is 5.32 Å². The molecule has 5 nitrogen and oxygen atoms in total. The van der Waals surface area contributed by atoms with Gasteiger partial charge in [-0.3, -0.25) is 9.52 Å². The molecule has 0 radical (unpaired) electrons. The van der Waals surface area contributed by atoms with Crippen molar-refractivity contribution in [2.45, 2.75) is 18.7 Å². The standard InChI is InChI=1S/C21H18Cl2N2O3S/c1-13-9-11-15(12-10-13)29(27,28)25-19-8-3-5-16(14(19)2)21(26)24-20-17(22)6-4-7-18(20)23/h3-12,25H,1-2H3,(H,24,26). The number of amides is 1. The number of aryl methyl sites for hydroxylation is 1. The second kappa shape index (κ2) is 8.45. The third-order valence-electron chi connectivity index (χ3n) is 4.36. The maximum atomic E-state index is 12.8. The van der Waals surface area contributed by atoms with Gasteiger partial charge in [0.2, 0.25) is 0 Å². The van der Waals surface area contributed by atoms with Crippen LogP contribution in [0.2, 0.25) is 10.0 Å². The molecule has 29 heavy (non-hydrogen) atoms. The van der Waals surface area contributed by atoms with E-state index in [-0.39, 0.29) is 4.90 Å². The number of nitrogens with one attached hydrogen (secondary N) is 2. The van der Waals surface area contributed by atoms with Crippen molar-refractivity contribution in [1.29, 1.82) is 0 Å². The van der Waals surface area contributed by atoms with Crippen molar-refractivity contribution in [1.82, 2.24) is 0 Å². The second-order valence-electron chi connectivity index (χ2n) is 6.45. The summed E-state index contributed by atoms with van der Waals surface area (Å²) in [5.74, 6) is -0.450. The summed E-state index contributed by atoms with van der Waals surface area (Å²) >= 11 is 12.2. The lowest BCUT2D eigenvalue weighted by Gasteiger charge is -2.15. The zero-order valence-corrected chi connectivity index (χ0v) is 18.0. The topological polar surface area (TPSA) is 75.3 Å². The van der Waals surface area contributed by atoms with Gasteiger partial charge in [0.1, 0.15) is 0 Å². The van der Waals surface area contributed by atoms with Crippen molar-refractivity contribution in [3.05, 3.63) is 87.4 Å². The SMILES string of the molecule is Cc1ccc(S(=O)(=O)Nc2cccc(C(=O)Nc3c(Cl)cccc3Cl)c2C)cc1. The number of rotatable bonds is 5. The van der Waals surface area contributed by atoms with E-state index in [4.69, 9.17) is 23.2 Å². The van der Waals surface area contributed by atoms with Gasteiger partial charge in [0.05, 0.1) is 26.3 Å². The number of benzene rings is 3. The van der Waals surface area contributed by atoms with Crippen LogP contribution in [0.5, 0.6) is 0 Å². The Hall–Kier alpha value is -2.54. The summed E-state index contributed by atoms with van der Waals surface area (Å²) in [4.78, 5) is 12.9. The van der Waals surface area contributed by atoms with Gasteiger partial charge in [0.15, 0.2) is 0 Å². The molecule has 0 aromatic heterocycles. The molecular weight excluding hydrogens is 431 g/mol. The molecule has 8 heteroatoms. The number of carbonyl (C=O) groups is 1. The zero-order chi connectivity index (χ0) is 21.2. The Morgan fingerprint density at radius 2 is 1.45 bits per heavy atom. The molecule has 3 aromatic rings. The summed E-state index contributed by atoms with van der Waals surface area (Å²) in [6.07, 6.45) is 0. The van der Waals surface area contributed by atoms with Gasteiger partial charge in [-0.15, -0.1) is 0 Å². The highest BCUT2D eigenvalue weighted by molar-refractivity contribution is 7.92. The third-order valence-corrected chi connectivity index (χ3v) is 6.37. The molecule has 0 spiro atoms. The Kier molecular flexibility index (Phi) is 6.17. The van der Waals surface area contributed by atoms with Crippen molar-refractivity contribution in [3.8, 4) is 0 Å². The molecule has 0 bridgehead atoms. The van der Waals surface area contributed by atoms with Crippen LogP contribution < -0.4 is 10.0 Å². The minimum absolute atomic E-state index is 0.139. The normalized spacial score (nSPS) is 11.2. The van der Waals surface area contributed by atoms with Crippen LogP contribution in [-0.2, 0) is 10.0 Å². The highest BCUT2D eigenvalue weighted by Gasteiger charge is 2.19. The van der Waals surface area contributed by atoms with Gasteiger partial charge in [-0.2, -0.15) is 0 Å². The first-order valence-corrected chi connectivity index (χ1v) is 10.9. The van der Waals surface area contributed by atoms with Crippen molar-refractivity contribution in [3.63, 3.8) is 0 Å². The lowest BCUT2D eigenvalue weighted by molar-refractivity contribution is 0.102. The van der Waals surface area contributed by atoms with Gasteiger partial charge >= 0.3 is 0 Å². The van der Waals surface area contributed by atoms with E-state index in [9.17, 15) is 13.2 Å². The number of carbonyl (C=O) groups excluding carboxylic acids is 1. The van der Waals surface area contributed by atoms with Gasteiger partial charge in [-0.25, -0.2) is 8.42 Å². The lowest BCUT2D eigenvalue weighted by Crippen LogP contribution is -2.17. The molecule has 0 heterocycles. The average molecular weight is 449 g/mol. The maximum absolute atomic E-state index is 12.8. The summed E-state index contributed by atoms with van der Waals surface area (Å²) < 4.78 is 27.9. The zero-order valence-electron chi connectivity index (χ0n) is 15.7. The Bertz CT molecular complexity index is 1160. The Labute approximate surface area is 179 Å². The van der Waals surface area contributed by atoms with Crippen LogP contribution in [0.3, 0.4) is 0 Å². The maximum Gasteiger partial charge on any atom is 0.261 e. The molecular formula is C21H18Cl2N2O3S. The van der Waals surface area contributed by atoms with E-state index in [1.54, 1.807) is 55.5 Å². The second-order valence-corrected chi connectivity index (χ2v) is 8.94. The first-order chi connectivity index (χ1) is 13.7. The third kappa shape index (κ3) is 4.72.